The molecule has 0 atom stereocenters. The number of benzene rings is 6. The summed E-state index contributed by atoms with van der Waals surface area (Å²) < 4.78 is 0. The lowest BCUT2D eigenvalue weighted by Gasteiger charge is -2.35. The standard InChI is InChI=1S/C70H91N3/c1-5-9-13-17-21-32-50-69(51-33-22-18-14-10-6-2)65-40-30-28-38-61(65)63-48-46-59(54-67(63)69)73(58-44-42-57(43-45-58)72-71-56-36-26-25-27-37-56)60-47-49-64-62-39-29-31-41-66(62)70(68(64)55-60,52-34-23-19-15-11-7-3)53-35-24-20-16-12-8-4/h25-31,36-49,54-55H,5-24,32-35,50-53H2,1-4H3. The molecule has 0 unspecified atom stereocenters. The van der Waals surface area contributed by atoms with Gasteiger partial charge in [-0.15, -0.1) is 0 Å². The highest BCUT2D eigenvalue weighted by atomic mass is 15.1. The van der Waals surface area contributed by atoms with Crippen LogP contribution in [0.4, 0.5) is 28.4 Å². The minimum Gasteiger partial charge on any atom is -0.310 e. The number of hydrogen-bond acceptors (Lipinski definition) is 3. The van der Waals surface area contributed by atoms with Gasteiger partial charge in [-0.3, -0.25) is 0 Å². The highest BCUT2D eigenvalue weighted by Crippen LogP contribution is 2.58. The fourth-order valence-electron chi connectivity index (χ4n) is 13.0. The lowest BCUT2D eigenvalue weighted by molar-refractivity contribution is 0.398. The van der Waals surface area contributed by atoms with E-state index in [0.29, 0.717) is 0 Å². The molecule has 0 saturated heterocycles. The van der Waals surface area contributed by atoms with Gasteiger partial charge in [-0.05, 0) is 131 Å². The summed E-state index contributed by atoms with van der Waals surface area (Å²) in [5.41, 5.74) is 17.3. The van der Waals surface area contributed by atoms with Crippen molar-refractivity contribution in [2.24, 2.45) is 10.2 Å². The summed E-state index contributed by atoms with van der Waals surface area (Å²) >= 11 is 0. The maximum absolute atomic E-state index is 4.71. The van der Waals surface area contributed by atoms with E-state index in [9.17, 15) is 0 Å². The van der Waals surface area contributed by atoms with E-state index in [4.69, 9.17) is 5.11 Å². The zero-order valence-electron chi connectivity index (χ0n) is 45.9. The average Bonchev–Trinajstić information content (AvgIpc) is 3.86. The van der Waals surface area contributed by atoms with Crippen LogP contribution in [0.1, 0.15) is 230 Å². The quantitative estimate of drug-likeness (QED) is 0.0298. The molecule has 2 aliphatic carbocycles. The molecule has 8 rings (SSSR count). The van der Waals surface area contributed by atoms with Gasteiger partial charge in [0, 0.05) is 27.9 Å². The Kier molecular flexibility index (Phi) is 20.6. The van der Waals surface area contributed by atoms with Gasteiger partial charge in [-0.1, -0.05) is 261 Å². The fourth-order valence-corrected chi connectivity index (χ4v) is 13.0. The van der Waals surface area contributed by atoms with E-state index in [0.717, 1.165) is 17.1 Å². The zero-order valence-corrected chi connectivity index (χ0v) is 45.9. The molecule has 6 aromatic rings. The van der Waals surface area contributed by atoms with E-state index in [1.54, 1.807) is 22.3 Å². The first kappa shape index (κ1) is 54.0. The molecule has 73 heavy (non-hydrogen) atoms. The molecule has 0 bridgehead atoms. The maximum Gasteiger partial charge on any atom is 0.0858 e. The van der Waals surface area contributed by atoms with E-state index in [-0.39, 0.29) is 10.8 Å². The van der Waals surface area contributed by atoms with Gasteiger partial charge in [-0.25, -0.2) is 0 Å². The zero-order chi connectivity index (χ0) is 50.6. The highest BCUT2D eigenvalue weighted by molar-refractivity contribution is 5.88. The average molecular weight is 975 g/mol. The van der Waals surface area contributed by atoms with Crippen LogP contribution in [0.2, 0.25) is 0 Å². The summed E-state index contributed by atoms with van der Waals surface area (Å²) in [5, 5.41) is 9.32. The molecular weight excluding hydrogens is 883 g/mol. The lowest BCUT2D eigenvalue weighted by Crippen LogP contribution is -2.26. The summed E-state index contributed by atoms with van der Waals surface area (Å²) in [5.74, 6) is 0. The van der Waals surface area contributed by atoms with E-state index in [2.05, 4.69) is 147 Å². The Hall–Kier alpha value is -5.28. The number of rotatable bonds is 33. The van der Waals surface area contributed by atoms with Crippen molar-refractivity contribution < 1.29 is 0 Å². The maximum atomic E-state index is 4.71. The Balaban J connectivity index is 1.24. The normalized spacial score (nSPS) is 13.8. The Bertz CT molecular complexity index is 2440. The smallest absolute Gasteiger partial charge is 0.0858 e. The van der Waals surface area contributed by atoms with Crippen molar-refractivity contribution in [2.75, 3.05) is 4.90 Å². The second-order valence-corrected chi connectivity index (χ2v) is 22.2. The first-order chi connectivity index (χ1) is 36.1. The van der Waals surface area contributed by atoms with Gasteiger partial charge in [0.05, 0.1) is 11.4 Å². The van der Waals surface area contributed by atoms with E-state index < -0.39 is 0 Å². The van der Waals surface area contributed by atoms with Crippen molar-refractivity contribution in [3.8, 4) is 22.3 Å². The van der Waals surface area contributed by atoms with Crippen LogP contribution in [0.15, 0.2) is 150 Å². The summed E-state index contributed by atoms with van der Waals surface area (Å²) in [6.45, 7) is 9.33. The van der Waals surface area contributed by atoms with Crippen molar-refractivity contribution in [1.82, 2.24) is 0 Å². The van der Waals surface area contributed by atoms with Gasteiger partial charge in [0.1, 0.15) is 0 Å². The SMILES string of the molecule is CCCCCCCCC1(CCCCCCCC)c2ccccc2-c2ccc(N(c3ccc(N=Nc4ccccc4)cc3)c3ccc4c(c3)C(CCCCCCCC)(CCCCCCCC)c3ccccc3-4)cc21. The third kappa shape index (κ3) is 13.2. The molecule has 0 heterocycles. The molecule has 2 aliphatic rings. The van der Waals surface area contributed by atoms with Crippen molar-refractivity contribution >= 4 is 28.4 Å². The van der Waals surface area contributed by atoms with Crippen molar-refractivity contribution in [1.29, 1.82) is 0 Å². The van der Waals surface area contributed by atoms with Crippen LogP contribution < -0.4 is 4.90 Å². The minimum atomic E-state index is -0.00616. The van der Waals surface area contributed by atoms with Crippen LogP contribution >= 0.6 is 0 Å². The van der Waals surface area contributed by atoms with Crippen LogP contribution in [-0.4, -0.2) is 0 Å². The number of azo groups is 1. The number of anilines is 3. The summed E-state index contributed by atoms with van der Waals surface area (Å²) in [6, 6.07) is 53.1. The second kappa shape index (κ2) is 27.9. The van der Waals surface area contributed by atoms with Crippen LogP contribution in [0.25, 0.3) is 22.3 Å². The Morgan fingerprint density at radius 2 is 0.603 bits per heavy atom. The molecule has 386 valence electrons. The van der Waals surface area contributed by atoms with Crippen LogP contribution in [0.5, 0.6) is 0 Å². The fraction of sp³-hybridized carbons (Fsp3) is 0.486. The van der Waals surface area contributed by atoms with Gasteiger partial charge in [0.2, 0.25) is 0 Å². The van der Waals surface area contributed by atoms with Gasteiger partial charge in [0.15, 0.2) is 0 Å². The topological polar surface area (TPSA) is 28.0 Å². The Morgan fingerprint density at radius 1 is 0.288 bits per heavy atom. The monoisotopic (exact) mass is 974 g/mol. The molecule has 0 amide bonds. The molecule has 0 spiro atoms. The van der Waals surface area contributed by atoms with E-state index in [1.165, 1.54) is 213 Å². The predicted octanol–water partition coefficient (Wildman–Crippen LogP) is 23.1. The van der Waals surface area contributed by atoms with E-state index in [1.807, 2.05) is 30.3 Å². The van der Waals surface area contributed by atoms with Crippen LogP contribution in [0.3, 0.4) is 0 Å². The molecule has 6 aromatic carbocycles. The van der Waals surface area contributed by atoms with Crippen molar-refractivity contribution in [2.45, 2.75) is 218 Å². The molecule has 3 heteroatoms. The van der Waals surface area contributed by atoms with Crippen molar-refractivity contribution in [3.05, 3.63) is 162 Å². The van der Waals surface area contributed by atoms with Gasteiger partial charge < -0.3 is 4.90 Å². The molecule has 0 fully saturated rings. The number of unbranched alkanes of at least 4 members (excludes halogenated alkanes) is 20. The largest absolute Gasteiger partial charge is 0.310 e. The molecule has 0 N–H and O–H groups in total. The van der Waals surface area contributed by atoms with Crippen LogP contribution in [-0.2, 0) is 10.8 Å². The first-order valence-electron chi connectivity index (χ1n) is 29.9. The highest BCUT2D eigenvalue weighted by Gasteiger charge is 2.44. The van der Waals surface area contributed by atoms with Gasteiger partial charge in [-0.2, -0.15) is 10.2 Å². The lowest BCUT2D eigenvalue weighted by atomic mass is 9.70. The third-order valence-corrected chi connectivity index (χ3v) is 17.0. The molecule has 0 aromatic heterocycles. The molecule has 0 saturated carbocycles. The first-order valence-corrected chi connectivity index (χ1v) is 29.9. The molecule has 0 radical (unpaired) electrons. The summed E-state index contributed by atoms with van der Waals surface area (Å²) in [4.78, 5) is 2.59. The third-order valence-electron chi connectivity index (χ3n) is 17.0. The second-order valence-electron chi connectivity index (χ2n) is 22.2. The number of hydrogen-bond donors (Lipinski definition) is 0. The van der Waals surface area contributed by atoms with Crippen molar-refractivity contribution in [3.63, 3.8) is 0 Å². The molecular formula is C70H91N3. The van der Waals surface area contributed by atoms with Crippen LogP contribution in [0, 0.1) is 0 Å². The summed E-state index contributed by atoms with van der Waals surface area (Å²) in [7, 11) is 0. The Morgan fingerprint density at radius 3 is 1.00 bits per heavy atom. The molecule has 0 aliphatic heterocycles. The van der Waals surface area contributed by atoms with Gasteiger partial charge >= 0.3 is 0 Å². The Labute approximate surface area is 443 Å². The summed E-state index contributed by atoms with van der Waals surface area (Å²) in [6.07, 6.45) is 36.5. The number of fused-ring (bicyclic) bond motifs is 6. The number of nitrogens with zero attached hydrogens (tertiary/aromatic N) is 3. The molecule has 3 nitrogen and oxygen atoms in total. The van der Waals surface area contributed by atoms with E-state index >= 15 is 0 Å². The van der Waals surface area contributed by atoms with Gasteiger partial charge in [0.25, 0.3) is 0 Å². The minimum absolute atomic E-state index is 0.00616. The predicted molar refractivity (Wildman–Crippen MR) is 316 cm³/mol.